The van der Waals surface area contributed by atoms with Crippen LogP contribution in [0.3, 0.4) is 0 Å². The van der Waals surface area contributed by atoms with Crippen LogP contribution in [-0.2, 0) is 4.79 Å². The summed E-state index contributed by atoms with van der Waals surface area (Å²) < 4.78 is 4.97. The first-order valence-electron chi connectivity index (χ1n) is 6.89. The lowest BCUT2D eigenvalue weighted by Crippen LogP contribution is -2.12. The predicted molar refractivity (Wildman–Crippen MR) is 90.6 cm³/mol. The quantitative estimate of drug-likeness (QED) is 0.718. The van der Waals surface area contributed by atoms with Gasteiger partial charge in [0.05, 0.1) is 5.52 Å². The summed E-state index contributed by atoms with van der Waals surface area (Å²) in [5.74, 6) is -0.764. The zero-order valence-electron chi connectivity index (χ0n) is 12.2. The number of oxazole rings is 1. The van der Waals surface area contributed by atoms with Gasteiger partial charge in [0.15, 0.2) is 5.58 Å². The maximum atomic E-state index is 12.2. The van der Waals surface area contributed by atoms with Crippen molar-refractivity contribution in [2.75, 3.05) is 5.32 Å². The monoisotopic (exact) mass is 328 g/mol. The summed E-state index contributed by atoms with van der Waals surface area (Å²) in [4.78, 5) is 25.9. The summed E-state index contributed by atoms with van der Waals surface area (Å²) in [5, 5.41) is 3.41. The van der Waals surface area contributed by atoms with Crippen LogP contribution >= 0.6 is 11.6 Å². The van der Waals surface area contributed by atoms with Crippen LogP contribution in [0.2, 0.25) is 5.02 Å². The third-order valence-corrected chi connectivity index (χ3v) is 3.54. The highest BCUT2D eigenvalue weighted by Crippen LogP contribution is 2.18. The average molecular weight is 329 g/mol. The van der Waals surface area contributed by atoms with Crippen LogP contribution in [0, 0.1) is 0 Å². The number of aromatic amines is 1. The second-order valence-corrected chi connectivity index (χ2v) is 5.49. The van der Waals surface area contributed by atoms with E-state index >= 15 is 0 Å². The molecule has 0 aliphatic heterocycles. The van der Waals surface area contributed by atoms with Crippen molar-refractivity contribution in [1.82, 2.24) is 4.98 Å². The Morgan fingerprint density at radius 3 is 2.70 bits per heavy atom. The molecule has 0 atom stereocenters. The molecule has 1 amide bonds. The maximum absolute atomic E-state index is 12.2. The van der Waals surface area contributed by atoms with Crippen molar-refractivity contribution in [2.24, 2.45) is 0 Å². The smallest absolute Gasteiger partial charge is 0.408 e. The van der Waals surface area contributed by atoms with E-state index in [9.17, 15) is 9.59 Å². The molecule has 0 fully saturated rings. The van der Waals surface area contributed by atoms with Gasteiger partial charge in [0, 0.05) is 22.3 Å². The van der Waals surface area contributed by atoms with Gasteiger partial charge in [-0.05, 0) is 42.8 Å². The number of benzene rings is 2. The summed E-state index contributed by atoms with van der Waals surface area (Å²) in [5.41, 5.74) is 2.96. The van der Waals surface area contributed by atoms with E-state index in [1.165, 1.54) is 0 Å². The zero-order valence-corrected chi connectivity index (χ0v) is 13.0. The number of carbonyl (C=O) groups excluding carboxylic acids is 1. The van der Waals surface area contributed by atoms with E-state index in [-0.39, 0.29) is 5.91 Å². The second-order valence-electron chi connectivity index (χ2n) is 5.06. The topological polar surface area (TPSA) is 75.1 Å². The predicted octanol–water partition coefficient (Wildman–Crippen LogP) is 3.82. The van der Waals surface area contributed by atoms with Crippen molar-refractivity contribution in [3.05, 3.63) is 69.2 Å². The van der Waals surface area contributed by atoms with Gasteiger partial charge in [-0.25, -0.2) is 4.79 Å². The van der Waals surface area contributed by atoms with Crippen molar-refractivity contribution in [3.63, 3.8) is 0 Å². The van der Waals surface area contributed by atoms with Crippen LogP contribution in [0.5, 0.6) is 0 Å². The van der Waals surface area contributed by atoms with Crippen molar-refractivity contribution < 1.29 is 9.21 Å². The minimum Gasteiger partial charge on any atom is -0.408 e. The Kier molecular flexibility index (Phi) is 4.04. The van der Waals surface area contributed by atoms with Gasteiger partial charge in [0.25, 0.3) is 5.91 Å². The third kappa shape index (κ3) is 3.52. The van der Waals surface area contributed by atoms with Crippen molar-refractivity contribution >= 4 is 40.4 Å². The van der Waals surface area contributed by atoms with Crippen LogP contribution in [0.25, 0.3) is 17.2 Å². The molecule has 5 nitrogen and oxygen atoms in total. The molecule has 3 aromatic rings. The fourth-order valence-electron chi connectivity index (χ4n) is 2.13. The third-order valence-electron chi connectivity index (χ3n) is 3.29. The number of hydrogen-bond donors (Lipinski definition) is 2. The molecule has 0 bridgehead atoms. The van der Waals surface area contributed by atoms with E-state index in [1.54, 1.807) is 43.3 Å². The highest BCUT2D eigenvalue weighted by molar-refractivity contribution is 6.30. The molecule has 0 saturated carbocycles. The molecule has 0 radical (unpaired) electrons. The molecule has 0 unspecified atom stereocenters. The minimum absolute atomic E-state index is 0.239. The maximum Gasteiger partial charge on any atom is 0.417 e. The van der Waals surface area contributed by atoms with Crippen molar-refractivity contribution in [1.29, 1.82) is 0 Å². The molecule has 0 spiro atoms. The number of H-pyrrole nitrogens is 1. The van der Waals surface area contributed by atoms with Gasteiger partial charge in [-0.15, -0.1) is 0 Å². The highest BCUT2D eigenvalue weighted by atomic mass is 35.5. The summed E-state index contributed by atoms with van der Waals surface area (Å²) in [7, 11) is 0. The van der Waals surface area contributed by atoms with Crippen molar-refractivity contribution in [2.45, 2.75) is 6.92 Å². The largest absolute Gasteiger partial charge is 0.417 e. The fourth-order valence-corrected chi connectivity index (χ4v) is 2.25. The summed E-state index contributed by atoms with van der Waals surface area (Å²) in [6, 6.07) is 12.2. The lowest BCUT2D eigenvalue weighted by atomic mass is 10.1. The molecule has 1 aromatic heterocycles. The normalized spacial score (nSPS) is 11.7. The number of amides is 1. The summed E-state index contributed by atoms with van der Waals surface area (Å²) >= 11 is 5.83. The van der Waals surface area contributed by atoms with Gasteiger partial charge in [0.1, 0.15) is 0 Å². The molecular formula is C17H13ClN2O3. The van der Waals surface area contributed by atoms with Crippen LogP contribution in [0.15, 0.2) is 57.2 Å². The highest BCUT2D eigenvalue weighted by Gasteiger charge is 2.07. The lowest BCUT2D eigenvalue weighted by molar-refractivity contribution is -0.112. The Morgan fingerprint density at radius 2 is 1.96 bits per heavy atom. The van der Waals surface area contributed by atoms with E-state index < -0.39 is 5.76 Å². The van der Waals surface area contributed by atoms with Gasteiger partial charge < -0.3 is 9.73 Å². The Hall–Kier alpha value is -2.79. The second kappa shape index (κ2) is 6.14. The lowest BCUT2D eigenvalue weighted by Gasteiger charge is -2.05. The van der Waals surface area contributed by atoms with E-state index in [4.69, 9.17) is 16.0 Å². The summed E-state index contributed by atoms with van der Waals surface area (Å²) in [6.07, 6.45) is 1.76. The molecular weight excluding hydrogens is 316 g/mol. The van der Waals surface area contributed by atoms with Gasteiger partial charge in [-0.2, -0.15) is 0 Å². The van der Waals surface area contributed by atoms with E-state index in [2.05, 4.69) is 10.3 Å². The molecule has 23 heavy (non-hydrogen) atoms. The van der Waals surface area contributed by atoms with Gasteiger partial charge in [-0.3, -0.25) is 9.78 Å². The molecule has 0 aliphatic carbocycles. The molecule has 3 rings (SSSR count). The average Bonchev–Trinajstić information content (AvgIpc) is 2.88. The Labute approximate surface area is 136 Å². The number of carbonyl (C=O) groups is 1. The Morgan fingerprint density at radius 1 is 1.22 bits per heavy atom. The van der Waals surface area contributed by atoms with E-state index in [1.807, 2.05) is 12.1 Å². The van der Waals surface area contributed by atoms with Crippen LogP contribution in [-0.4, -0.2) is 10.9 Å². The number of aromatic nitrogens is 1. The minimum atomic E-state index is -0.526. The van der Waals surface area contributed by atoms with E-state index in [0.717, 1.165) is 5.56 Å². The molecule has 1 heterocycles. The fraction of sp³-hybridized carbons (Fsp3) is 0.0588. The first-order valence-corrected chi connectivity index (χ1v) is 7.27. The molecule has 0 aliphatic rings. The number of halogens is 1. The Bertz CT molecular complexity index is 952. The molecule has 6 heteroatoms. The summed E-state index contributed by atoms with van der Waals surface area (Å²) in [6.45, 7) is 1.72. The van der Waals surface area contributed by atoms with Gasteiger partial charge in [0.2, 0.25) is 0 Å². The Balaban J connectivity index is 1.78. The zero-order chi connectivity index (χ0) is 16.4. The molecule has 116 valence electrons. The number of rotatable bonds is 3. The van der Waals surface area contributed by atoms with E-state index in [0.29, 0.717) is 27.4 Å². The van der Waals surface area contributed by atoms with Crippen LogP contribution in [0.1, 0.15) is 12.5 Å². The first-order chi connectivity index (χ1) is 11.0. The molecule has 2 aromatic carbocycles. The van der Waals surface area contributed by atoms with Crippen LogP contribution < -0.4 is 11.1 Å². The van der Waals surface area contributed by atoms with Crippen molar-refractivity contribution in [3.8, 4) is 0 Å². The number of nitrogens with one attached hydrogen (secondary N) is 2. The number of hydrogen-bond acceptors (Lipinski definition) is 3. The first kappa shape index (κ1) is 15.1. The van der Waals surface area contributed by atoms with Gasteiger partial charge >= 0.3 is 5.76 Å². The molecule has 2 N–H and O–H groups in total. The number of fused-ring (bicyclic) bond motifs is 1. The standard InChI is InChI=1S/C17H13ClN2O3/c1-10(8-11-2-4-12(18)5-3-11)16(21)19-13-6-7-14-15(9-13)23-17(22)20-14/h2-9H,1H3,(H,19,21)(H,20,22)/b10-8+. The SMILES string of the molecule is C/C(=C\c1ccc(Cl)cc1)C(=O)Nc1ccc2[nH]c(=O)oc2c1. The van der Waals surface area contributed by atoms with Gasteiger partial charge in [-0.1, -0.05) is 23.7 Å². The molecule has 0 saturated heterocycles. The van der Waals surface area contributed by atoms with Crippen LogP contribution in [0.4, 0.5) is 5.69 Å². The number of anilines is 1.